The Morgan fingerprint density at radius 1 is 1.09 bits per heavy atom. The zero-order valence-corrected chi connectivity index (χ0v) is 12.8. The van der Waals surface area contributed by atoms with E-state index >= 15 is 0 Å². The van der Waals surface area contributed by atoms with Gasteiger partial charge in [0.05, 0.1) is 11.3 Å². The molecular weight excluding hydrogens is 278 g/mol. The highest BCUT2D eigenvalue weighted by Gasteiger charge is 2.45. The van der Waals surface area contributed by atoms with E-state index < -0.39 is 17.3 Å². The number of benzene rings is 1. The summed E-state index contributed by atoms with van der Waals surface area (Å²) >= 11 is 0. The Balaban J connectivity index is 1.86. The third kappa shape index (κ3) is 2.62. The first kappa shape index (κ1) is 15.1. The normalized spacial score (nSPS) is 24.2. The van der Waals surface area contributed by atoms with Crippen molar-refractivity contribution >= 4 is 11.9 Å². The van der Waals surface area contributed by atoms with Gasteiger partial charge in [-0.15, -0.1) is 0 Å². The average molecular weight is 301 g/mol. The van der Waals surface area contributed by atoms with Crippen molar-refractivity contribution in [1.29, 1.82) is 0 Å². The maximum absolute atomic E-state index is 13.2. The lowest BCUT2D eigenvalue weighted by atomic mass is 9.77. The Morgan fingerprint density at radius 3 is 2.41 bits per heavy atom. The van der Waals surface area contributed by atoms with Crippen LogP contribution in [0.1, 0.15) is 44.1 Å². The fourth-order valence-electron chi connectivity index (χ4n) is 4.03. The van der Waals surface area contributed by atoms with Gasteiger partial charge < -0.3 is 10.0 Å². The first-order chi connectivity index (χ1) is 10.6. The molecule has 1 N–H and O–H groups in total. The van der Waals surface area contributed by atoms with Gasteiger partial charge in [-0.25, -0.2) is 0 Å². The van der Waals surface area contributed by atoms with Crippen LogP contribution >= 0.6 is 0 Å². The lowest BCUT2D eigenvalue weighted by Crippen LogP contribution is -2.50. The number of hydrogen-bond donors (Lipinski definition) is 1. The summed E-state index contributed by atoms with van der Waals surface area (Å²) in [5.41, 5.74) is 0.664. The SMILES string of the molecule is O=C(O)[C@H]1CCCN(C(=O)C2(c3ccccc3)CCCC2)C1. The molecule has 1 aliphatic carbocycles. The van der Waals surface area contributed by atoms with Crippen LogP contribution in [0, 0.1) is 5.92 Å². The molecule has 118 valence electrons. The molecule has 22 heavy (non-hydrogen) atoms. The summed E-state index contributed by atoms with van der Waals surface area (Å²) in [6.45, 7) is 1.06. The number of carbonyl (C=O) groups excluding carboxylic acids is 1. The van der Waals surface area contributed by atoms with Crippen LogP contribution in [-0.4, -0.2) is 35.0 Å². The van der Waals surface area contributed by atoms with Gasteiger partial charge in [-0.1, -0.05) is 43.2 Å². The molecule has 0 bridgehead atoms. The molecule has 3 rings (SSSR count). The Labute approximate surface area is 131 Å². The summed E-state index contributed by atoms with van der Waals surface area (Å²) in [6, 6.07) is 10.0. The first-order valence-electron chi connectivity index (χ1n) is 8.21. The number of carboxylic acids is 1. The average Bonchev–Trinajstić information content (AvgIpc) is 3.06. The zero-order chi connectivity index (χ0) is 15.6. The van der Waals surface area contributed by atoms with Crippen LogP contribution in [0.25, 0.3) is 0 Å². The molecule has 1 amide bonds. The number of amides is 1. The number of hydrogen-bond acceptors (Lipinski definition) is 2. The molecule has 1 heterocycles. The van der Waals surface area contributed by atoms with Gasteiger partial charge in [-0.05, 0) is 31.2 Å². The summed E-state index contributed by atoms with van der Waals surface area (Å²) in [5.74, 6) is -1.05. The van der Waals surface area contributed by atoms with Crippen LogP contribution in [0.15, 0.2) is 30.3 Å². The van der Waals surface area contributed by atoms with E-state index in [0.29, 0.717) is 19.5 Å². The predicted octanol–water partition coefficient (Wildman–Crippen LogP) is 2.82. The molecule has 4 nitrogen and oxygen atoms in total. The van der Waals surface area contributed by atoms with E-state index in [4.69, 9.17) is 0 Å². The van der Waals surface area contributed by atoms with Gasteiger partial charge >= 0.3 is 5.97 Å². The van der Waals surface area contributed by atoms with Crippen LogP contribution in [0.2, 0.25) is 0 Å². The summed E-state index contributed by atoms with van der Waals surface area (Å²) in [6.07, 6.45) is 5.35. The molecule has 1 aromatic rings. The van der Waals surface area contributed by atoms with Gasteiger partial charge in [-0.2, -0.15) is 0 Å². The summed E-state index contributed by atoms with van der Waals surface area (Å²) in [4.78, 5) is 26.3. The molecule has 1 atom stereocenters. The van der Waals surface area contributed by atoms with E-state index in [9.17, 15) is 14.7 Å². The smallest absolute Gasteiger partial charge is 0.308 e. The van der Waals surface area contributed by atoms with E-state index in [1.807, 2.05) is 30.3 Å². The van der Waals surface area contributed by atoms with Crippen LogP contribution in [0.3, 0.4) is 0 Å². The second kappa shape index (κ2) is 6.11. The molecule has 0 aromatic heterocycles. The molecule has 1 aliphatic heterocycles. The topological polar surface area (TPSA) is 57.6 Å². The highest BCUT2D eigenvalue weighted by Crippen LogP contribution is 2.43. The van der Waals surface area contributed by atoms with E-state index in [0.717, 1.165) is 37.7 Å². The zero-order valence-electron chi connectivity index (χ0n) is 12.8. The summed E-state index contributed by atoms with van der Waals surface area (Å²) in [7, 11) is 0. The number of nitrogens with zero attached hydrogens (tertiary/aromatic N) is 1. The Bertz CT molecular complexity index is 549. The van der Waals surface area contributed by atoms with E-state index in [1.165, 1.54) is 0 Å². The molecule has 4 heteroatoms. The monoisotopic (exact) mass is 301 g/mol. The predicted molar refractivity (Wildman–Crippen MR) is 83.5 cm³/mol. The van der Waals surface area contributed by atoms with Crippen LogP contribution in [-0.2, 0) is 15.0 Å². The maximum atomic E-state index is 13.2. The van der Waals surface area contributed by atoms with Crippen molar-refractivity contribution in [2.45, 2.75) is 43.9 Å². The minimum Gasteiger partial charge on any atom is -0.481 e. The molecule has 0 spiro atoms. The number of carboxylic acid groups (broad SMARTS) is 1. The molecular formula is C18H23NO3. The first-order valence-corrected chi connectivity index (χ1v) is 8.21. The number of rotatable bonds is 3. The second-order valence-corrected chi connectivity index (χ2v) is 6.58. The molecule has 2 aliphatic rings. The standard InChI is InChI=1S/C18H23NO3/c20-16(21)14-7-6-12-19(13-14)17(22)18(10-4-5-11-18)15-8-2-1-3-9-15/h1-3,8-9,14H,4-7,10-13H2,(H,20,21)/t14-/m0/s1. The van der Waals surface area contributed by atoms with E-state index in [2.05, 4.69) is 0 Å². The Kier molecular flexibility index (Phi) is 4.19. The molecule has 0 radical (unpaired) electrons. The molecule has 1 saturated carbocycles. The van der Waals surface area contributed by atoms with Crippen molar-refractivity contribution in [3.8, 4) is 0 Å². The number of likely N-dealkylation sites (tertiary alicyclic amines) is 1. The Hall–Kier alpha value is -1.84. The Morgan fingerprint density at radius 2 is 1.77 bits per heavy atom. The fraction of sp³-hybridized carbons (Fsp3) is 0.556. The van der Waals surface area contributed by atoms with Crippen molar-refractivity contribution in [2.24, 2.45) is 5.92 Å². The number of carbonyl (C=O) groups is 2. The molecule has 0 unspecified atom stereocenters. The maximum Gasteiger partial charge on any atom is 0.308 e. The van der Waals surface area contributed by atoms with Gasteiger partial charge in [0.15, 0.2) is 0 Å². The molecule has 2 fully saturated rings. The summed E-state index contributed by atoms with van der Waals surface area (Å²) in [5, 5.41) is 9.25. The van der Waals surface area contributed by atoms with Crippen molar-refractivity contribution in [3.63, 3.8) is 0 Å². The number of aliphatic carboxylic acids is 1. The van der Waals surface area contributed by atoms with Crippen molar-refractivity contribution < 1.29 is 14.7 Å². The van der Waals surface area contributed by atoms with E-state index in [-0.39, 0.29) is 5.91 Å². The van der Waals surface area contributed by atoms with Gasteiger partial charge in [0.25, 0.3) is 0 Å². The van der Waals surface area contributed by atoms with Crippen molar-refractivity contribution in [1.82, 2.24) is 4.90 Å². The van der Waals surface area contributed by atoms with Crippen LogP contribution in [0.5, 0.6) is 0 Å². The van der Waals surface area contributed by atoms with E-state index in [1.54, 1.807) is 4.90 Å². The lowest BCUT2D eigenvalue weighted by molar-refractivity contribution is -0.147. The largest absolute Gasteiger partial charge is 0.481 e. The highest BCUT2D eigenvalue weighted by molar-refractivity contribution is 5.89. The highest BCUT2D eigenvalue weighted by atomic mass is 16.4. The van der Waals surface area contributed by atoms with Crippen LogP contribution in [0.4, 0.5) is 0 Å². The quantitative estimate of drug-likeness (QED) is 0.934. The summed E-state index contributed by atoms with van der Waals surface area (Å²) < 4.78 is 0. The minimum absolute atomic E-state index is 0.141. The van der Waals surface area contributed by atoms with Crippen molar-refractivity contribution in [2.75, 3.05) is 13.1 Å². The number of piperidine rings is 1. The third-order valence-electron chi connectivity index (χ3n) is 5.25. The second-order valence-electron chi connectivity index (χ2n) is 6.58. The van der Waals surface area contributed by atoms with Gasteiger partial charge in [0.2, 0.25) is 5.91 Å². The van der Waals surface area contributed by atoms with Gasteiger partial charge in [0, 0.05) is 13.1 Å². The van der Waals surface area contributed by atoms with Crippen molar-refractivity contribution in [3.05, 3.63) is 35.9 Å². The van der Waals surface area contributed by atoms with Gasteiger partial charge in [0.1, 0.15) is 0 Å². The minimum atomic E-state index is -0.780. The molecule has 1 aromatic carbocycles. The fourth-order valence-corrected chi connectivity index (χ4v) is 4.03. The molecule has 1 saturated heterocycles. The lowest BCUT2D eigenvalue weighted by Gasteiger charge is -2.38. The van der Waals surface area contributed by atoms with Crippen LogP contribution < -0.4 is 0 Å². The van der Waals surface area contributed by atoms with Gasteiger partial charge in [-0.3, -0.25) is 9.59 Å². The third-order valence-corrected chi connectivity index (χ3v) is 5.25.